The molecule has 0 aromatic rings. The molecule has 0 spiro atoms. The van der Waals surface area contributed by atoms with Gasteiger partial charge in [-0.05, 0) is 27.0 Å². The van der Waals surface area contributed by atoms with Crippen LogP contribution >= 0.6 is 11.8 Å². The van der Waals surface area contributed by atoms with Crippen LogP contribution in [0.1, 0.15) is 27.2 Å². The first-order valence-corrected chi connectivity index (χ1v) is 7.68. The van der Waals surface area contributed by atoms with Gasteiger partial charge < -0.3 is 9.80 Å². The summed E-state index contributed by atoms with van der Waals surface area (Å²) in [5.74, 6) is 1.13. The molecule has 1 aliphatic rings. The maximum Gasteiger partial charge on any atom is 0.232 e. The number of carbonyl (C=O) groups is 2. The summed E-state index contributed by atoms with van der Waals surface area (Å²) in [5.41, 5.74) is -0.117. The van der Waals surface area contributed by atoms with Gasteiger partial charge in [0, 0.05) is 38.0 Å². The first-order chi connectivity index (χ1) is 8.25. The van der Waals surface area contributed by atoms with Gasteiger partial charge in [0.1, 0.15) is 0 Å². The Balaban J connectivity index is 2.52. The Morgan fingerprint density at radius 1 is 1.50 bits per heavy atom. The molecule has 0 unspecified atom stereocenters. The minimum Gasteiger partial charge on any atom is -0.345 e. The molecule has 0 aromatic heterocycles. The molecule has 0 saturated carbocycles. The van der Waals surface area contributed by atoms with Crippen LogP contribution in [0.15, 0.2) is 0 Å². The fourth-order valence-corrected chi connectivity index (χ4v) is 2.74. The third-order valence-electron chi connectivity index (χ3n) is 3.24. The number of hydrogen-bond acceptors (Lipinski definition) is 3. The monoisotopic (exact) mass is 272 g/mol. The van der Waals surface area contributed by atoms with Crippen LogP contribution < -0.4 is 0 Å². The zero-order valence-electron chi connectivity index (χ0n) is 12.0. The van der Waals surface area contributed by atoms with Crippen molar-refractivity contribution in [1.29, 1.82) is 0 Å². The van der Waals surface area contributed by atoms with Gasteiger partial charge in [0.25, 0.3) is 0 Å². The van der Waals surface area contributed by atoms with Gasteiger partial charge >= 0.3 is 0 Å². The highest BCUT2D eigenvalue weighted by Gasteiger charge is 2.36. The molecule has 104 valence electrons. The lowest BCUT2D eigenvalue weighted by molar-refractivity contribution is -0.131. The molecule has 1 atom stereocenters. The van der Waals surface area contributed by atoms with Crippen molar-refractivity contribution in [2.45, 2.75) is 32.7 Å². The number of rotatable bonds is 4. The Kier molecular flexibility index (Phi) is 5.08. The van der Waals surface area contributed by atoms with Crippen LogP contribution in [0.25, 0.3) is 0 Å². The zero-order valence-corrected chi connectivity index (χ0v) is 12.8. The molecule has 0 bridgehead atoms. The van der Waals surface area contributed by atoms with Crippen molar-refractivity contribution >= 4 is 23.6 Å². The first kappa shape index (κ1) is 15.3. The standard InChI is InChI=1S/C13H24N2O2S/c1-13(2,3)15-8-10(6-11(15)16)7-14(4)12(17)9-18-5/h10H,6-9H2,1-5H3/t10-/m1/s1. The Bertz CT molecular complexity index is 325. The fourth-order valence-electron chi connectivity index (χ4n) is 2.27. The Morgan fingerprint density at radius 3 is 2.56 bits per heavy atom. The molecule has 2 amide bonds. The Labute approximate surface area is 114 Å². The lowest BCUT2D eigenvalue weighted by atomic mass is 10.1. The van der Waals surface area contributed by atoms with E-state index < -0.39 is 0 Å². The van der Waals surface area contributed by atoms with Crippen LogP contribution in [0.3, 0.4) is 0 Å². The van der Waals surface area contributed by atoms with Crippen molar-refractivity contribution in [2.75, 3.05) is 32.1 Å². The SMILES string of the molecule is CSCC(=O)N(C)C[C@H]1CC(=O)N(C(C)(C)C)C1. The second kappa shape index (κ2) is 5.95. The summed E-state index contributed by atoms with van der Waals surface area (Å²) >= 11 is 1.53. The van der Waals surface area contributed by atoms with E-state index in [0.29, 0.717) is 18.7 Å². The van der Waals surface area contributed by atoms with E-state index in [1.807, 2.05) is 18.2 Å². The van der Waals surface area contributed by atoms with Gasteiger partial charge in [-0.1, -0.05) is 0 Å². The van der Waals surface area contributed by atoms with E-state index in [2.05, 4.69) is 20.8 Å². The molecule has 18 heavy (non-hydrogen) atoms. The second-order valence-electron chi connectivity index (χ2n) is 5.95. The highest BCUT2D eigenvalue weighted by atomic mass is 32.2. The molecular weight excluding hydrogens is 248 g/mol. The number of carbonyl (C=O) groups excluding carboxylic acids is 2. The van der Waals surface area contributed by atoms with Gasteiger partial charge in [-0.3, -0.25) is 9.59 Å². The molecule has 1 fully saturated rings. The zero-order chi connectivity index (χ0) is 13.9. The molecule has 0 N–H and O–H groups in total. The second-order valence-corrected chi connectivity index (χ2v) is 6.82. The maximum absolute atomic E-state index is 11.9. The Hall–Kier alpha value is -0.710. The van der Waals surface area contributed by atoms with E-state index in [1.54, 1.807) is 4.90 Å². The summed E-state index contributed by atoms with van der Waals surface area (Å²) in [7, 11) is 1.82. The van der Waals surface area contributed by atoms with Crippen molar-refractivity contribution in [3.63, 3.8) is 0 Å². The molecule has 1 rings (SSSR count). The quantitative estimate of drug-likeness (QED) is 0.778. The van der Waals surface area contributed by atoms with Gasteiger partial charge in [-0.15, -0.1) is 0 Å². The number of thioether (sulfide) groups is 1. The molecule has 4 nitrogen and oxygen atoms in total. The summed E-state index contributed by atoms with van der Waals surface area (Å²) < 4.78 is 0. The average molecular weight is 272 g/mol. The highest BCUT2D eigenvalue weighted by molar-refractivity contribution is 7.99. The average Bonchev–Trinajstić information content (AvgIpc) is 2.59. The lowest BCUT2D eigenvalue weighted by Crippen LogP contribution is -2.43. The van der Waals surface area contributed by atoms with Gasteiger partial charge in [0.05, 0.1) is 5.75 Å². The Morgan fingerprint density at radius 2 is 2.11 bits per heavy atom. The van der Waals surface area contributed by atoms with Crippen molar-refractivity contribution in [3.8, 4) is 0 Å². The molecule has 0 radical (unpaired) electrons. The summed E-state index contributed by atoms with van der Waals surface area (Å²) in [5, 5.41) is 0. The van der Waals surface area contributed by atoms with Crippen molar-refractivity contribution in [1.82, 2.24) is 9.80 Å². The third kappa shape index (κ3) is 3.90. The fraction of sp³-hybridized carbons (Fsp3) is 0.846. The maximum atomic E-state index is 11.9. The van der Waals surface area contributed by atoms with Gasteiger partial charge in [-0.2, -0.15) is 11.8 Å². The van der Waals surface area contributed by atoms with E-state index in [9.17, 15) is 9.59 Å². The summed E-state index contributed by atoms with van der Waals surface area (Å²) in [4.78, 5) is 27.3. The molecule has 5 heteroatoms. The summed E-state index contributed by atoms with van der Waals surface area (Å²) in [6.45, 7) is 7.60. The van der Waals surface area contributed by atoms with Crippen LogP contribution in [0.5, 0.6) is 0 Å². The minimum absolute atomic E-state index is 0.117. The predicted molar refractivity (Wildman–Crippen MR) is 75.6 cm³/mol. The van der Waals surface area contributed by atoms with Gasteiger partial charge in [0.15, 0.2) is 0 Å². The van der Waals surface area contributed by atoms with E-state index in [-0.39, 0.29) is 23.3 Å². The van der Waals surface area contributed by atoms with E-state index in [1.165, 1.54) is 11.8 Å². The highest BCUT2D eigenvalue weighted by Crippen LogP contribution is 2.26. The molecule has 0 aromatic carbocycles. The lowest BCUT2D eigenvalue weighted by Gasteiger charge is -2.32. The largest absolute Gasteiger partial charge is 0.345 e. The molecule has 1 heterocycles. The van der Waals surface area contributed by atoms with Crippen molar-refractivity contribution in [3.05, 3.63) is 0 Å². The number of amides is 2. The molecule has 1 aliphatic heterocycles. The molecule has 1 saturated heterocycles. The van der Waals surface area contributed by atoms with Crippen LogP contribution in [0, 0.1) is 5.92 Å². The van der Waals surface area contributed by atoms with Crippen molar-refractivity contribution < 1.29 is 9.59 Å². The van der Waals surface area contributed by atoms with Crippen LogP contribution in [0.2, 0.25) is 0 Å². The van der Waals surface area contributed by atoms with E-state index in [4.69, 9.17) is 0 Å². The van der Waals surface area contributed by atoms with Gasteiger partial charge in [0.2, 0.25) is 11.8 Å². The van der Waals surface area contributed by atoms with Crippen LogP contribution in [-0.4, -0.2) is 59.3 Å². The van der Waals surface area contributed by atoms with Crippen LogP contribution in [-0.2, 0) is 9.59 Å². The number of likely N-dealkylation sites (tertiary alicyclic amines) is 1. The summed E-state index contributed by atoms with van der Waals surface area (Å²) in [6, 6.07) is 0. The van der Waals surface area contributed by atoms with Gasteiger partial charge in [-0.25, -0.2) is 0 Å². The topological polar surface area (TPSA) is 40.6 Å². The number of nitrogens with zero attached hydrogens (tertiary/aromatic N) is 2. The first-order valence-electron chi connectivity index (χ1n) is 6.29. The smallest absolute Gasteiger partial charge is 0.232 e. The van der Waals surface area contributed by atoms with Crippen molar-refractivity contribution in [2.24, 2.45) is 5.92 Å². The van der Waals surface area contributed by atoms with E-state index in [0.717, 1.165) is 6.54 Å². The third-order valence-corrected chi connectivity index (χ3v) is 3.78. The number of hydrogen-bond donors (Lipinski definition) is 0. The molecule has 0 aliphatic carbocycles. The summed E-state index contributed by atoms with van der Waals surface area (Å²) in [6.07, 6.45) is 2.49. The van der Waals surface area contributed by atoms with E-state index >= 15 is 0 Å². The predicted octanol–water partition coefficient (Wildman–Crippen LogP) is 1.45. The normalized spacial score (nSPS) is 20.4. The van der Waals surface area contributed by atoms with Crippen LogP contribution in [0.4, 0.5) is 0 Å². The molecular formula is C13H24N2O2S. The minimum atomic E-state index is -0.117.